The average Bonchev–Trinajstić information content (AvgIpc) is 2.70. The zero-order valence-electron chi connectivity index (χ0n) is 15.7. The van der Waals surface area contributed by atoms with Gasteiger partial charge >= 0.3 is 5.97 Å². The number of rotatable bonds is 7. The second kappa shape index (κ2) is 8.47. The van der Waals surface area contributed by atoms with E-state index in [1.165, 1.54) is 10.5 Å². The highest BCUT2D eigenvalue weighted by atomic mass is 16.6. The molecule has 2 aromatic heterocycles. The fourth-order valence-electron chi connectivity index (χ4n) is 2.72. The predicted molar refractivity (Wildman–Crippen MR) is 103 cm³/mol. The molecular weight excluding hydrogens is 360 g/mol. The molecule has 1 aromatic carbocycles. The first-order valence-electron chi connectivity index (χ1n) is 8.88. The molecule has 0 unspecified atom stereocenters. The molecule has 0 aliphatic carbocycles. The summed E-state index contributed by atoms with van der Waals surface area (Å²) in [4.78, 5) is 40.0. The number of hydrogen-bond acceptors (Lipinski definition) is 6. The minimum Gasteiger partial charge on any atom is -0.482 e. The number of esters is 1. The molecule has 2 heterocycles. The van der Waals surface area contributed by atoms with Crippen molar-refractivity contribution in [3.8, 4) is 5.75 Å². The SMILES string of the molecule is CCC(=O)c1ccc(OCC(=O)OCc2cc(=O)n3c(C)cccc3n2)cc1. The minimum absolute atomic E-state index is 0.0416. The zero-order valence-corrected chi connectivity index (χ0v) is 15.7. The molecular formula is C21H20N2O5. The van der Waals surface area contributed by atoms with E-state index in [2.05, 4.69) is 4.98 Å². The standard InChI is InChI=1S/C21H20N2O5/c1-3-18(24)15-7-9-17(10-8-15)27-13-21(26)28-12-16-11-20(25)23-14(2)5-4-6-19(23)22-16/h4-11H,3,12-13H2,1-2H3. The monoisotopic (exact) mass is 380 g/mol. The Hall–Kier alpha value is -3.48. The van der Waals surface area contributed by atoms with Crippen LogP contribution < -0.4 is 10.3 Å². The van der Waals surface area contributed by atoms with Crippen molar-refractivity contribution in [3.05, 3.63) is 75.8 Å². The Bertz CT molecular complexity index is 1070. The van der Waals surface area contributed by atoms with Gasteiger partial charge in [-0.15, -0.1) is 0 Å². The van der Waals surface area contributed by atoms with Gasteiger partial charge in [0.2, 0.25) is 0 Å². The lowest BCUT2D eigenvalue weighted by Crippen LogP contribution is -2.19. The highest BCUT2D eigenvalue weighted by molar-refractivity contribution is 5.95. The van der Waals surface area contributed by atoms with Crippen LogP contribution in [0.2, 0.25) is 0 Å². The molecule has 0 saturated carbocycles. The summed E-state index contributed by atoms with van der Waals surface area (Å²) >= 11 is 0. The van der Waals surface area contributed by atoms with Gasteiger partial charge in [-0.25, -0.2) is 9.78 Å². The molecule has 7 nitrogen and oxygen atoms in total. The average molecular weight is 380 g/mol. The second-order valence-corrected chi connectivity index (χ2v) is 6.20. The fraction of sp³-hybridized carbons (Fsp3) is 0.238. The molecule has 7 heteroatoms. The summed E-state index contributed by atoms with van der Waals surface area (Å²) in [5.74, 6) is -0.0814. The lowest BCUT2D eigenvalue weighted by Gasteiger charge is -2.09. The van der Waals surface area contributed by atoms with Crippen molar-refractivity contribution in [1.82, 2.24) is 9.38 Å². The molecule has 3 rings (SSSR count). The lowest BCUT2D eigenvalue weighted by molar-refractivity contribution is -0.147. The number of nitrogens with zero attached hydrogens (tertiary/aromatic N) is 2. The van der Waals surface area contributed by atoms with Gasteiger partial charge in [-0.1, -0.05) is 13.0 Å². The lowest BCUT2D eigenvalue weighted by atomic mass is 10.1. The topological polar surface area (TPSA) is 87.0 Å². The Morgan fingerprint density at radius 3 is 2.57 bits per heavy atom. The van der Waals surface area contributed by atoms with Crippen LogP contribution >= 0.6 is 0 Å². The molecule has 0 amide bonds. The first-order chi connectivity index (χ1) is 13.5. The van der Waals surface area contributed by atoms with Crippen LogP contribution in [-0.4, -0.2) is 27.7 Å². The third-order valence-electron chi connectivity index (χ3n) is 4.17. The summed E-state index contributed by atoms with van der Waals surface area (Å²) in [6.45, 7) is 3.21. The van der Waals surface area contributed by atoms with Crippen LogP contribution in [0.25, 0.3) is 5.65 Å². The van der Waals surface area contributed by atoms with Crippen molar-refractivity contribution in [3.63, 3.8) is 0 Å². The van der Waals surface area contributed by atoms with Gasteiger partial charge < -0.3 is 9.47 Å². The van der Waals surface area contributed by atoms with Crippen molar-refractivity contribution in [2.24, 2.45) is 0 Å². The summed E-state index contributed by atoms with van der Waals surface area (Å²) in [6.07, 6.45) is 0.429. The zero-order chi connectivity index (χ0) is 20.1. The van der Waals surface area contributed by atoms with Crippen LogP contribution in [0, 0.1) is 6.92 Å². The van der Waals surface area contributed by atoms with Crippen LogP contribution in [-0.2, 0) is 16.1 Å². The molecule has 0 saturated heterocycles. The van der Waals surface area contributed by atoms with Gasteiger partial charge in [0.15, 0.2) is 12.4 Å². The first kappa shape index (κ1) is 19.3. The van der Waals surface area contributed by atoms with Crippen molar-refractivity contribution in [2.75, 3.05) is 6.61 Å². The Morgan fingerprint density at radius 2 is 1.86 bits per heavy atom. The molecule has 0 fully saturated rings. The number of carbonyl (C=O) groups is 2. The third-order valence-corrected chi connectivity index (χ3v) is 4.17. The maximum absolute atomic E-state index is 12.2. The maximum Gasteiger partial charge on any atom is 0.344 e. The molecule has 0 aliphatic rings. The Balaban J connectivity index is 1.57. The van der Waals surface area contributed by atoms with Crippen LogP contribution in [0.5, 0.6) is 5.75 Å². The van der Waals surface area contributed by atoms with Gasteiger partial charge in [0.1, 0.15) is 18.0 Å². The van der Waals surface area contributed by atoms with E-state index in [1.54, 1.807) is 43.3 Å². The molecule has 3 aromatic rings. The number of carbonyl (C=O) groups excluding carboxylic acids is 2. The van der Waals surface area contributed by atoms with Crippen LogP contribution in [0.4, 0.5) is 0 Å². The Kier molecular flexibility index (Phi) is 5.84. The summed E-state index contributed by atoms with van der Waals surface area (Å²) < 4.78 is 12.0. The second-order valence-electron chi connectivity index (χ2n) is 6.20. The molecule has 0 atom stereocenters. The van der Waals surface area contributed by atoms with E-state index < -0.39 is 5.97 Å². The van der Waals surface area contributed by atoms with Gasteiger partial charge in [-0.3, -0.25) is 14.0 Å². The molecule has 144 valence electrons. The minimum atomic E-state index is -0.583. The van der Waals surface area contributed by atoms with Crippen molar-refractivity contribution < 1.29 is 19.1 Å². The van der Waals surface area contributed by atoms with Crippen LogP contribution in [0.15, 0.2) is 53.3 Å². The molecule has 0 aliphatic heterocycles. The van der Waals surface area contributed by atoms with Crippen molar-refractivity contribution in [2.45, 2.75) is 26.9 Å². The number of ketones is 1. The predicted octanol–water partition coefficient (Wildman–Crippen LogP) is 2.72. The number of fused-ring (bicyclic) bond motifs is 1. The number of aryl methyl sites for hydroxylation is 1. The van der Waals surface area contributed by atoms with E-state index >= 15 is 0 Å². The highest BCUT2D eigenvalue weighted by Crippen LogP contribution is 2.13. The highest BCUT2D eigenvalue weighted by Gasteiger charge is 2.09. The van der Waals surface area contributed by atoms with E-state index in [0.29, 0.717) is 29.1 Å². The van der Waals surface area contributed by atoms with Gasteiger partial charge in [-0.05, 0) is 43.3 Å². The number of ether oxygens (including phenoxy) is 2. The van der Waals surface area contributed by atoms with Crippen LogP contribution in [0.3, 0.4) is 0 Å². The van der Waals surface area contributed by atoms with E-state index in [4.69, 9.17) is 9.47 Å². The van der Waals surface area contributed by atoms with E-state index in [-0.39, 0.29) is 24.6 Å². The van der Waals surface area contributed by atoms with Gasteiger partial charge in [0.05, 0.1) is 5.69 Å². The Morgan fingerprint density at radius 1 is 1.11 bits per heavy atom. The van der Waals surface area contributed by atoms with Crippen molar-refractivity contribution in [1.29, 1.82) is 0 Å². The van der Waals surface area contributed by atoms with E-state index in [9.17, 15) is 14.4 Å². The molecule has 0 N–H and O–H groups in total. The number of benzene rings is 1. The van der Waals surface area contributed by atoms with Crippen molar-refractivity contribution >= 4 is 17.4 Å². The fourth-order valence-corrected chi connectivity index (χ4v) is 2.72. The third kappa shape index (κ3) is 4.43. The normalized spacial score (nSPS) is 10.6. The summed E-state index contributed by atoms with van der Waals surface area (Å²) in [5, 5.41) is 0. The van der Waals surface area contributed by atoms with Gasteiger partial charge in [0.25, 0.3) is 5.56 Å². The summed E-state index contributed by atoms with van der Waals surface area (Å²) in [6, 6.07) is 13.3. The molecule has 0 bridgehead atoms. The smallest absolute Gasteiger partial charge is 0.344 e. The largest absolute Gasteiger partial charge is 0.482 e. The molecule has 0 radical (unpaired) electrons. The quantitative estimate of drug-likeness (QED) is 0.463. The molecule has 0 spiro atoms. The van der Waals surface area contributed by atoms with Gasteiger partial charge in [0, 0.05) is 23.7 Å². The maximum atomic E-state index is 12.2. The number of aromatic nitrogens is 2. The molecule has 28 heavy (non-hydrogen) atoms. The summed E-state index contributed by atoms with van der Waals surface area (Å²) in [7, 11) is 0. The number of Topliss-reactive ketones (excluding diaryl/α,β-unsaturated/α-hetero) is 1. The number of hydrogen-bond donors (Lipinski definition) is 0. The van der Waals surface area contributed by atoms with E-state index in [0.717, 1.165) is 5.69 Å². The van der Waals surface area contributed by atoms with Crippen LogP contribution in [0.1, 0.15) is 35.1 Å². The van der Waals surface area contributed by atoms with E-state index in [1.807, 2.05) is 13.0 Å². The first-order valence-corrected chi connectivity index (χ1v) is 8.88. The Labute approximate surface area is 161 Å². The summed E-state index contributed by atoms with van der Waals surface area (Å²) in [5.41, 5.74) is 2.01. The van der Waals surface area contributed by atoms with Gasteiger partial charge in [-0.2, -0.15) is 0 Å². The number of pyridine rings is 1.